The van der Waals surface area contributed by atoms with Crippen molar-refractivity contribution in [3.05, 3.63) is 70.2 Å². The Bertz CT molecular complexity index is 819. The molecule has 0 fully saturated rings. The molecule has 0 spiro atoms. The first-order chi connectivity index (χ1) is 11.1. The number of carbonyl (C=O) groups excluding carboxylic acids is 1. The van der Waals surface area contributed by atoms with Crippen LogP contribution in [0, 0.1) is 0 Å². The maximum atomic E-state index is 12.1. The molecule has 0 unspecified atom stereocenters. The Kier molecular flexibility index (Phi) is 4.73. The molecule has 0 atom stereocenters. The fourth-order valence-electron chi connectivity index (χ4n) is 2.07. The van der Waals surface area contributed by atoms with Gasteiger partial charge in [0.05, 0.1) is 33.5 Å². The lowest BCUT2D eigenvalue weighted by Crippen LogP contribution is -2.15. The van der Waals surface area contributed by atoms with Crippen molar-refractivity contribution in [1.29, 1.82) is 0 Å². The van der Waals surface area contributed by atoms with Crippen LogP contribution in [-0.4, -0.2) is 20.7 Å². The number of rotatable bonds is 4. The van der Waals surface area contributed by atoms with E-state index in [4.69, 9.17) is 11.6 Å². The topological polar surface area (TPSA) is 59.8 Å². The molecule has 3 rings (SSSR count). The Morgan fingerprint density at radius 3 is 2.74 bits per heavy atom. The first-order valence-corrected chi connectivity index (χ1v) is 7.98. The van der Waals surface area contributed by atoms with Gasteiger partial charge in [0.25, 0.3) is 0 Å². The van der Waals surface area contributed by atoms with Crippen LogP contribution >= 0.6 is 27.5 Å². The molecule has 23 heavy (non-hydrogen) atoms. The maximum Gasteiger partial charge on any atom is 0.228 e. The maximum absolute atomic E-state index is 12.1. The van der Waals surface area contributed by atoms with E-state index in [1.54, 1.807) is 17.1 Å². The van der Waals surface area contributed by atoms with Crippen LogP contribution in [0.2, 0.25) is 5.02 Å². The van der Waals surface area contributed by atoms with Crippen molar-refractivity contribution in [2.75, 3.05) is 5.32 Å². The molecule has 116 valence electrons. The molecular formula is C16H12BrClN4O. The van der Waals surface area contributed by atoms with Crippen molar-refractivity contribution in [1.82, 2.24) is 14.8 Å². The molecule has 0 radical (unpaired) electrons. The molecular weight excluding hydrogens is 380 g/mol. The molecule has 2 aromatic heterocycles. The second-order valence-corrected chi connectivity index (χ2v) is 6.06. The standard InChI is InChI=1S/C16H12BrClN4O/c17-13-9-19-10-14(16(13)18)21-15(23)8-11-2-4-12(5-3-11)22-7-1-6-20-22/h1-7,9-10H,8H2,(H,21,23). The molecule has 0 bridgehead atoms. The summed E-state index contributed by atoms with van der Waals surface area (Å²) in [5, 5.41) is 7.36. The van der Waals surface area contributed by atoms with Gasteiger partial charge in [-0.1, -0.05) is 23.7 Å². The van der Waals surface area contributed by atoms with Crippen LogP contribution in [-0.2, 0) is 11.2 Å². The van der Waals surface area contributed by atoms with Crippen LogP contribution in [0.3, 0.4) is 0 Å². The Labute approximate surface area is 146 Å². The zero-order valence-corrected chi connectivity index (χ0v) is 14.3. The molecule has 2 heterocycles. The van der Waals surface area contributed by atoms with Gasteiger partial charge in [0.15, 0.2) is 0 Å². The molecule has 0 aliphatic rings. The van der Waals surface area contributed by atoms with E-state index < -0.39 is 0 Å². The third-order valence-corrected chi connectivity index (χ3v) is 4.42. The van der Waals surface area contributed by atoms with Crippen molar-refractivity contribution < 1.29 is 4.79 Å². The molecule has 5 nitrogen and oxygen atoms in total. The van der Waals surface area contributed by atoms with E-state index in [9.17, 15) is 4.79 Å². The van der Waals surface area contributed by atoms with Crippen molar-refractivity contribution in [2.24, 2.45) is 0 Å². The van der Waals surface area contributed by atoms with Crippen LogP contribution in [0.1, 0.15) is 5.56 Å². The van der Waals surface area contributed by atoms with Crippen LogP contribution in [0.5, 0.6) is 0 Å². The highest BCUT2D eigenvalue weighted by atomic mass is 79.9. The second-order valence-electron chi connectivity index (χ2n) is 4.82. The molecule has 7 heteroatoms. The first kappa shape index (κ1) is 15.7. The predicted octanol–water partition coefficient (Wildman–Crippen LogP) is 3.86. The van der Waals surface area contributed by atoms with Crippen molar-refractivity contribution >= 4 is 39.1 Å². The van der Waals surface area contributed by atoms with E-state index in [-0.39, 0.29) is 12.3 Å². The molecule has 1 aromatic carbocycles. The summed E-state index contributed by atoms with van der Waals surface area (Å²) in [5.74, 6) is -0.154. The smallest absolute Gasteiger partial charge is 0.228 e. The van der Waals surface area contributed by atoms with E-state index in [2.05, 4.69) is 31.3 Å². The normalized spacial score (nSPS) is 10.5. The number of benzene rings is 1. The average Bonchev–Trinajstić information content (AvgIpc) is 3.07. The largest absolute Gasteiger partial charge is 0.323 e. The highest BCUT2D eigenvalue weighted by Crippen LogP contribution is 2.28. The Morgan fingerprint density at radius 2 is 2.04 bits per heavy atom. The third-order valence-electron chi connectivity index (χ3n) is 3.18. The van der Waals surface area contributed by atoms with Crippen molar-refractivity contribution in [3.8, 4) is 5.69 Å². The van der Waals surface area contributed by atoms with Crippen molar-refractivity contribution in [3.63, 3.8) is 0 Å². The van der Waals surface area contributed by atoms with Crippen LogP contribution in [0.15, 0.2) is 59.6 Å². The SMILES string of the molecule is O=C(Cc1ccc(-n2cccn2)cc1)Nc1cncc(Br)c1Cl. The average molecular weight is 392 g/mol. The van der Waals surface area contributed by atoms with Gasteiger partial charge in [0.1, 0.15) is 0 Å². The lowest BCUT2D eigenvalue weighted by Gasteiger charge is -2.08. The zero-order chi connectivity index (χ0) is 16.2. The lowest BCUT2D eigenvalue weighted by atomic mass is 10.1. The number of halogens is 2. The number of nitrogens with zero attached hydrogens (tertiary/aromatic N) is 3. The number of nitrogens with one attached hydrogen (secondary N) is 1. The molecule has 1 amide bonds. The van der Waals surface area contributed by atoms with Gasteiger partial charge in [-0.2, -0.15) is 5.10 Å². The van der Waals surface area contributed by atoms with Gasteiger partial charge < -0.3 is 5.32 Å². The lowest BCUT2D eigenvalue weighted by molar-refractivity contribution is -0.115. The fourth-order valence-corrected chi connectivity index (χ4v) is 2.55. The van der Waals surface area contributed by atoms with Gasteiger partial charge in [0.2, 0.25) is 5.91 Å². The van der Waals surface area contributed by atoms with Gasteiger partial charge in [-0.05, 0) is 39.7 Å². The predicted molar refractivity (Wildman–Crippen MR) is 92.8 cm³/mol. The highest BCUT2D eigenvalue weighted by Gasteiger charge is 2.09. The van der Waals surface area contributed by atoms with E-state index in [0.29, 0.717) is 15.2 Å². The molecule has 0 aliphatic carbocycles. The number of aromatic nitrogens is 3. The summed E-state index contributed by atoms with van der Waals surface area (Å²) < 4.78 is 2.40. The minimum atomic E-state index is -0.154. The Balaban J connectivity index is 1.67. The van der Waals surface area contributed by atoms with Crippen molar-refractivity contribution in [2.45, 2.75) is 6.42 Å². The van der Waals surface area contributed by atoms with E-state index >= 15 is 0 Å². The van der Waals surface area contributed by atoms with E-state index in [0.717, 1.165) is 11.3 Å². The van der Waals surface area contributed by atoms with Gasteiger partial charge >= 0.3 is 0 Å². The summed E-state index contributed by atoms with van der Waals surface area (Å²) in [6.45, 7) is 0. The number of carbonyl (C=O) groups is 1. The summed E-state index contributed by atoms with van der Waals surface area (Å²) in [6.07, 6.45) is 6.93. The quantitative estimate of drug-likeness (QED) is 0.734. The molecule has 0 saturated heterocycles. The van der Waals surface area contributed by atoms with E-state index in [1.807, 2.05) is 36.5 Å². The summed E-state index contributed by atoms with van der Waals surface area (Å²) in [7, 11) is 0. The summed E-state index contributed by atoms with van der Waals surface area (Å²) in [5.41, 5.74) is 2.33. The van der Waals surface area contributed by atoms with E-state index in [1.165, 1.54) is 6.20 Å². The minimum absolute atomic E-state index is 0.154. The van der Waals surface area contributed by atoms with Gasteiger partial charge in [-0.3, -0.25) is 9.78 Å². The van der Waals surface area contributed by atoms with Crippen LogP contribution < -0.4 is 5.32 Å². The molecule has 0 aliphatic heterocycles. The molecule has 0 saturated carbocycles. The zero-order valence-electron chi connectivity index (χ0n) is 11.9. The number of hydrogen-bond donors (Lipinski definition) is 1. The molecule has 1 N–H and O–H groups in total. The van der Waals surface area contributed by atoms with Gasteiger partial charge in [-0.15, -0.1) is 0 Å². The van der Waals surface area contributed by atoms with Gasteiger partial charge in [0, 0.05) is 18.6 Å². The Hall–Kier alpha value is -2.18. The Morgan fingerprint density at radius 1 is 1.26 bits per heavy atom. The summed E-state index contributed by atoms with van der Waals surface area (Å²) >= 11 is 9.38. The number of anilines is 1. The number of amides is 1. The second kappa shape index (κ2) is 6.93. The summed E-state index contributed by atoms with van der Waals surface area (Å²) in [4.78, 5) is 16.1. The fraction of sp³-hybridized carbons (Fsp3) is 0.0625. The minimum Gasteiger partial charge on any atom is -0.323 e. The highest BCUT2D eigenvalue weighted by molar-refractivity contribution is 9.10. The summed E-state index contributed by atoms with van der Waals surface area (Å²) in [6, 6.07) is 9.50. The van der Waals surface area contributed by atoms with Crippen LogP contribution in [0.4, 0.5) is 5.69 Å². The van der Waals surface area contributed by atoms with Crippen LogP contribution in [0.25, 0.3) is 5.69 Å². The number of pyridine rings is 1. The number of hydrogen-bond acceptors (Lipinski definition) is 3. The third kappa shape index (κ3) is 3.78. The first-order valence-electron chi connectivity index (χ1n) is 6.81. The monoisotopic (exact) mass is 390 g/mol. The molecule has 3 aromatic rings. The van der Waals surface area contributed by atoms with Gasteiger partial charge in [-0.25, -0.2) is 4.68 Å².